The first-order valence-electron chi connectivity index (χ1n) is 22.0. The monoisotopic (exact) mass is 924 g/mol. The van der Waals surface area contributed by atoms with Gasteiger partial charge in [-0.3, -0.25) is 19.6 Å². The standard InChI is InChI=1S/2C27H27FN2O4/c2*1-16-21(9-18-10-24(33-2)27(32)25(11-18)34-3)20-7-6-19(28)12-23(20)22(16)13-26(31)30-15-17-5-4-8-29-14-17/h4-8,10-12,14,22,32H,9,13,15H2,1-3H3,(H,30,31);4-12,14,16,22,32H,13,15H2,1-3H3,(H,30,31)/b;21-9-. The molecule has 2 aliphatic carbocycles. The molecule has 68 heavy (non-hydrogen) atoms. The Kier molecular flexibility index (Phi) is 15.4. The lowest BCUT2D eigenvalue weighted by Gasteiger charge is -2.17. The van der Waals surface area contributed by atoms with E-state index in [1.165, 1.54) is 52.7 Å². The Bertz CT molecular complexity index is 2800. The van der Waals surface area contributed by atoms with Gasteiger partial charge in [0.1, 0.15) is 11.6 Å². The van der Waals surface area contributed by atoms with Crippen LogP contribution in [-0.2, 0) is 29.1 Å². The zero-order valence-corrected chi connectivity index (χ0v) is 38.7. The molecule has 0 saturated carbocycles. The van der Waals surface area contributed by atoms with Crippen LogP contribution in [0.25, 0.3) is 17.2 Å². The molecule has 0 radical (unpaired) electrons. The fourth-order valence-corrected chi connectivity index (χ4v) is 8.95. The number of hydrogen-bond donors (Lipinski definition) is 4. The summed E-state index contributed by atoms with van der Waals surface area (Å²) in [5.74, 6) is -0.231. The maximum Gasteiger partial charge on any atom is 0.221 e. The number of rotatable bonds is 15. The third kappa shape index (κ3) is 10.9. The maximum atomic E-state index is 14.2. The largest absolute Gasteiger partial charge is 0.502 e. The Labute approximate surface area is 394 Å². The van der Waals surface area contributed by atoms with Gasteiger partial charge in [-0.15, -0.1) is 0 Å². The molecule has 0 spiro atoms. The van der Waals surface area contributed by atoms with E-state index in [-0.39, 0.29) is 65.5 Å². The molecular formula is C54H54F2N4O8. The van der Waals surface area contributed by atoms with Crippen LogP contribution >= 0.6 is 0 Å². The topological polar surface area (TPSA) is 161 Å². The Balaban J connectivity index is 0.000000201. The zero-order chi connectivity index (χ0) is 48.5. The first-order chi connectivity index (χ1) is 32.8. The van der Waals surface area contributed by atoms with E-state index < -0.39 is 0 Å². The molecule has 2 aliphatic rings. The number of aromatic nitrogens is 2. The highest BCUT2D eigenvalue weighted by atomic mass is 19.1. The van der Waals surface area contributed by atoms with Crippen molar-refractivity contribution in [2.75, 3.05) is 28.4 Å². The van der Waals surface area contributed by atoms with Gasteiger partial charge in [0.15, 0.2) is 23.0 Å². The lowest BCUT2D eigenvalue weighted by Crippen LogP contribution is -2.25. The fraction of sp³-hybridized carbons (Fsp3) is 0.259. The molecule has 0 bridgehead atoms. The van der Waals surface area contributed by atoms with Crippen molar-refractivity contribution in [3.63, 3.8) is 0 Å². The number of phenolic OH excluding ortho intramolecular Hbond substituents is 2. The molecule has 352 valence electrons. The van der Waals surface area contributed by atoms with Crippen LogP contribution in [0.4, 0.5) is 8.78 Å². The highest BCUT2D eigenvalue weighted by Gasteiger charge is 2.36. The molecule has 2 heterocycles. The van der Waals surface area contributed by atoms with Crippen LogP contribution in [0.3, 0.4) is 0 Å². The van der Waals surface area contributed by atoms with Gasteiger partial charge in [0.25, 0.3) is 0 Å². The summed E-state index contributed by atoms with van der Waals surface area (Å²) in [5.41, 5.74) is 9.94. The number of aromatic hydroxyl groups is 2. The summed E-state index contributed by atoms with van der Waals surface area (Å²) in [4.78, 5) is 33.7. The molecule has 8 rings (SSSR count). The summed E-state index contributed by atoms with van der Waals surface area (Å²) < 4.78 is 49.5. The van der Waals surface area contributed by atoms with E-state index in [0.29, 0.717) is 42.5 Å². The number of methoxy groups -OCH3 is 4. The summed E-state index contributed by atoms with van der Waals surface area (Å²) in [7, 11) is 5.91. The second-order valence-electron chi connectivity index (χ2n) is 16.7. The Hall–Kier alpha value is -7.74. The highest BCUT2D eigenvalue weighted by Crippen LogP contribution is 2.50. The molecule has 3 unspecified atom stereocenters. The summed E-state index contributed by atoms with van der Waals surface area (Å²) in [5, 5.41) is 26.3. The maximum absolute atomic E-state index is 14.2. The van der Waals surface area contributed by atoms with Gasteiger partial charge in [-0.2, -0.15) is 0 Å². The number of nitrogens with one attached hydrogen (secondary N) is 2. The predicted molar refractivity (Wildman–Crippen MR) is 255 cm³/mol. The average molecular weight is 925 g/mol. The Morgan fingerprint density at radius 2 is 1.16 bits per heavy atom. The molecule has 2 aromatic heterocycles. The number of carbonyl (C=O) groups excluding carboxylic acids is 2. The highest BCUT2D eigenvalue weighted by molar-refractivity contribution is 5.90. The third-order valence-corrected chi connectivity index (χ3v) is 12.5. The molecular weight excluding hydrogens is 871 g/mol. The number of fused-ring (bicyclic) bond motifs is 2. The molecule has 3 atom stereocenters. The van der Waals surface area contributed by atoms with Crippen LogP contribution < -0.4 is 29.6 Å². The first-order valence-corrected chi connectivity index (χ1v) is 22.0. The van der Waals surface area contributed by atoms with Crippen molar-refractivity contribution in [3.8, 4) is 34.5 Å². The van der Waals surface area contributed by atoms with Crippen molar-refractivity contribution in [3.05, 3.63) is 171 Å². The molecule has 0 saturated heterocycles. The summed E-state index contributed by atoms with van der Waals surface area (Å²) in [6.07, 6.45) is 9.74. The van der Waals surface area contributed by atoms with E-state index >= 15 is 0 Å². The lowest BCUT2D eigenvalue weighted by atomic mass is 9.88. The molecule has 2 amide bonds. The van der Waals surface area contributed by atoms with E-state index in [1.54, 1.807) is 61.2 Å². The smallest absolute Gasteiger partial charge is 0.221 e. The summed E-state index contributed by atoms with van der Waals surface area (Å²) in [6, 6.07) is 23.8. The van der Waals surface area contributed by atoms with Gasteiger partial charge in [-0.25, -0.2) is 8.78 Å². The first kappa shape index (κ1) is 48.2. The summed E-state index contributed by atoms with van der Waals surface area (Å²) in [6.45, 7) is 4.80. The lowest BCUT2D eigenvalue weighted by molar-refractivity contribution is -0.122. The van der Waals surface area contributed by atoms with Crippen LogP contribution in [0, 0.1) is 17.6 Å². The minimum atomic E-state index is -0.332. The van der Waals surface area contributed by atoms with Crippen molar-refractivity contribution in [1.29, 1.82) is 0 Å². The van der Waals surface area contributed by atoms with Crippen molar-refractivity contribution < 1.29 is 47.5 Å². The number of benzene rings is 4. The van der Waals surface area contributed by atoms with Gasteiger partial charge in [0, 0.05) is 56.6 Å². The molecule has 0 aliphatic heterocycles. The van der Waals surface area contributed by atoms with E-state index in [4.69, 9.17) is 18.9 Å². The number of halogens is 2. The van der Waals surface area contributed by atoms with Gasteiger partial charge in [-0.1, -0.05) is 42.8 Å². The van der Waals surface area contributed by atoms with Crippen LogP contribution in [0.1, 0.15) is 83.0 Å². The van der Waals surface area contributed by atoms with E-state index in [9.17, 15) is 28.6 Å². The zero-order valence-electron chi connectivity index (χ0n) is 38.7. The van der Waals surface area contributed by atoms with Crippen LogP contribution in [0.2, 0.25) is 0 Å². The van der Waals surface area contributed by atoms with Crippen LogP contribution in [0.5, 0.6) is 34.5 Å². The number of phenols is 2. The number of pyridine rings is 2. The number of allylic oxidation sites excluding steroid dienone is 3. The normalized spacial score (nSPS) is 16.3. The molecule has 12 nitrogen and oxygen atoms in total. The third-order valence-electron chi connectivity index (χ3n) is 12.5. The van der Waals surface area contributed by atoms with Gasteiger partial charge in [0.05, 0.1) is 28.4 Å². The predicted octanol–water partition coefficient (Wildman–Crippen LogP) is 9.69. The van der Waals surface area contributed by atoms with E-state index in [0.717, 1.165) is 61.2 Å². The second kappa shape index (κ2) is 21.7. The molecule has 0 fully saturated rings. The minimum Gasteiger partial charge on any atom is -0.502 e. The van der Waals surface area contributed by atoms with Gasteiger partial charge in [0.2, 0.25) is 23.3 Å². The van der Waals surface area contributed by atoms with Crippen LogP contribution in [0.15, 0.2) is 115 Å². The number of ether oxygens (including phenoxy) is 4. The minimum absolute atomic E-state index is 0.0354. The quantitative estimate of drug-likeness (QED) is 0.0781. The van der Waals surface area contributed by atoms with Crippen molar-refractivity contribution >= 4 is 29.0 Å². The van der Waals surface area contributed by atoms with E-state index in [2.05, 4.69) is 20.6 Å². The number of amides is 2. The molecule has 6 aromatic rings. The number of nitrogens with zero attached hydrogens (tertiary/aromatic N) is 2. The van der Waals surface area contributed by atoms with Crippen LogP contribution in [-0.4, -0.2) is 60.4 Å². The average Bonchev–Trinajstić information content (AvgIpc) is 3.74. The second-order valence-corrected chi connectivity index (χ2v) is 16.7. The van der Waals surface area contributed by atoms with Gasteiger partial charge >= 0.3 is 0 Å². The van der Waals surface area contributed by atoms with Crippen molar-refractivity contribution in [2.24, 2.45) is 5.92 Å². The summed E-state index contributed by atoms with van der Waals surface area (Å²) >= 11 is 0. The molecule has 4 N–H and O–H groups in total. The van der Waals surface area contributed by atoms with Crippen molar-refractivity contribution in [1.82, 2.24) is 20.6 Å². The Morgan fingerprint density at radius 1 is 0.662 bits per heavy atom. The van der Waals surface area contributed by atoms with Gasteiger partial charge in [-0.05, 0) is 141 Å². The van der Waals surface area contributed by atoms with E-state index in [1.807, 2.05) is 44.2 Å². The SMILES string of the molecule is COc1cc(/C=C2\c3ccc(F)cc3C(CC(=O)NCc3cccnc3)C2C)cc(OC)c1O.COc1cc(CC2=C(C)C(CC(=O)NCc3cccnc3)c3cc(F)ccc32)cc(OC)c1O. The van der Waals surface area contributed by atoms with Crippen molar-refractivity contribution in [2.45, 2.75) is 58.0 Å². The van der Waals surface area contributed by atoms with Gasteiger partial charge < -0.3 is 39.8 Å². The molecule has 14 heteroatoms. The molecule has 4 aromatic carbocycles. The fourth-order valence-electron chi connectivity index (χ4n) is 8.95. The Morgan fingerprint density at radius 3 is 1.68 bits per heavy atom. The number of hydrogen-bond acceptors (Lipinski definition) is 10. The number of carbonyl (C=O) groups is 2.